The number of carboxylic acids is 1. The number of carbonyl (C=O) groups is 1. The fraction of sp³-hybridized carbons (Fsp3) is 0.0870. The zero-order chi connectivity index (χ0) is 21.3. The Morgan fingerprint density at radius 3 is 2.67 bits per heavy atom. The Morgan fingerprint density at radius 2 is 1.90 bits per heavy atom. The first-order valence-corrected chi connectivity index (χ1v) is 9.13. The van der Waals surface area contributed by atoms with Crippen molar-refractivity contribution < 1.29 is 27.8 Å². The summed E-state index contributed by atoms with van der Waals surface area (Å²) in [6, 6.07) is 13.8. The Labute approximate surface area is 170 Å². The van der Waals surface area contributed by atoms with Crippen molar-refractivity contribution >= 4 is 16.9 Å². The van der Waals surface area contributed by atoms with E-state index < -0.39 is 24.0 Å². The molecule has 1 aromatic heterocycles. The number of nitrogens with two attached hydrogens (primary N) is 1. The number of carboxylic acid groups (broad SMARTS) is 1. The summed E-state index contributed by atoms with van der Waals surface area (Å²) in [6.45, 7) is 0.335. The first-order valence-electron chi connectivity index (χ1n) is 9.13. The molecule has 0 fully saturated rings. The predicted octanol–water partition coefficient (Wildman–Crippen LogP) is 5.26. The van der Waals surface area contributed by atoms with E-state index in [0.717, 1.165) is 23.3 Å². The van der Waals surface area contributed by atoms with E-state index in [2.05, 4.69) is 0 Å². The second-order valence-corrected chi connectivity index (χ2v) is 6.73. The van der Waals surface area contributed by atoms with Crippen molar-refractivity contribution in [3.63, 3.8) is 0 Å². The maximum absolute atomic E-state index is 15.1. The molecule has 0 radical (unpaired) electrons. The minimum absolute atomic E-state index is 0.0687. The van der Waals surface area contributed by atoms with Gasteiger partial charge in [0.1, 0.15) is 17.1 Å². The molecule has 0 saturated heterocycles. The Kier molecular flexibility index (Phi) is 5.20. The number of halogens is 2. The van der Waals surface area contributed by atoms with Crippen LogP contribution in [0.15, 0.2) is 65.3 Å². The minimum atomic E-state index is -1.11. The number of fused-ring (bicyclic) bond motifs is 1. The highest BCUT2D eigenvalue weighted by atomic mass is 19.1. The summed E-state index contributed by atoms with van der Waals surface area (Å²) in [5.41, 5.74) is 8.47. The quantitative estimate of drug-likeness (QED) is 0.454. The summed E-state index contributed by atoms with van der Waals surface area (Å²) in [5, 5.41) is 9.28. The van der Waals surface area contributed by atoms with Crippen molar-refractivity contribution in [3.05, 3.63) is 83.6 Å². The van der Waals surface area contributed by atoms with Crippen LogP contribution in [0.3, 0.4) is 0 Å². The van der Waals surface area contributed by atoms with E-state index in [1.807, 2.05) is 24.3 Å². The number of hydrogen-bond donors (Lipinski definition) is 2. The maximum Gasteiger partial charge on any atom is 0.307 e. The summed E-state index contributed by atoms with van der Waals surface area (Å²) >= 11 is 0. The van der Waals surface area contributed by atoms with Crippen molar-refractivity contribution in [1.82, 2.24) is 0 Å². The molecule has 0 atom stereocenters. The van der Waals surface area contributed by atoms with Gasteiger partial charge in [-0.1, -0.05) is 24.3 Å². The molecule has 3 aromatic carbocycles. The molecule has 0 spiro atoms. The molecule has 0 unspecified atom stereocenters. The van der Waals surface area contributed by atoms with Crippen molar-refractivity contribution in [1.29, 1.82) is 0 Å². The van der Waals surface area contributed by atoms with Gasteiger partial charge in [-0.3, -0.25) is 4.79 Å². The van der Waals surface area contributed by atoms with Crippen LogP contribution in [0.25, 0.3) is 22.1 Å². The second kappa shape index (κ2) is 7.96. The van der Waals surface area contributed by atoms with E-state index in [4.69, 9.17) is 20.0 Å². The first kappa shape index (κ1) is 19.6. The molecule has 0 bridgehead atoms. The molecule has 7 heteroatoms. The highest BCUT2D eigenvalue weighted by Crippen LogP contribution is 2.39. The van der Waals surface area contributed by atoms with E-state index in [-0.39, 0.29) is 22.4 Å². The lowest BCUT2D eigenvalue weighted by molar-refractivity contribution is -0.136. The molecule has 152 valence electrons. The lowest BCUT2D eigenvalue weighted by Gasteiger charge is -2.13. The summed E-state index contributed by atoms with van der Waals surface area (Å²) in [6.07, 6.45) is 0.975. The van der Waals surface area contributed by atoms with E-state index in [1.165, 1.54) is 24.5 Å². The largest absolute Gasteiger partial charge is 0.481 e. The molecule has 4 rings (SSSR count). The van der Waals surface area contributed by atoms with Crippen LogP contribution in [0, 0.1) is 11.6 Å². The maximum atomic E-state index is 15.1. The second-order valence-electron chi connectivity index (χ2n) is 6.73. The number of aliphatic carboxylic acids is 1. The fourth-order valence-corrected chi connectivity index (χ4v) is 3.29. The van der Waals surface area contributed by atoms with Crippen LogP contribution in [0.4, 0.5) is 8.78 Å². The molecule has 4 aromatic rings. The topological polar surface area (TPSA) is 85.7 Å². The van der Waals surface area contributed by atoms with E-state index in [1.54, 1.807) is 0 Å². The SMILES string of the molecule is NCc1cccc(-c2cc(Oc3cc(F)ccc3CC(=O)O)c(F)c3ccoc23)c1. The van der Waals surface area contributed by atoms with Gasteiger partial charge in [0, 0.05) is 23.7 Å². The third-order valence-corrected chi connectivity index (χ3v) is 4.70. The number of benzene rings is 3. The van der Waals surface area contributed by atoms with Gasteiger partial charge < -0.3 is 20.0 Å². The van der Waals surface area contributed by atoms with E-state index >= 15 is 4.39 Å². The number of hydrogen-bond acceptors (Lipinski definition) is 4. The van der Waals surface area contributed by atoms with Crippen LogP contribution in [0.5, 0.6) is 11.5 Å². The highest BCUT2D eigenvalue weighted by Gasteiger charge is 2.19. The van der Waals surface area contributed by atoms with Gasteiger partial charge >= 0.3 is 5.97 Å². The number of furan rings is 1. The van der Waals surface area contributed by atoms with Crippen LogP contribution < -0.4 is 10.5 Å². The summed E-state index contributed by atoms with van der Waals surface area (Å²) in [7, 11) is 0. The smallest absolute Gasteiger partial charge is 0.307 e. The van der Waals surface area contributed by atoms with Gasteiger partial charge in [-0.25, -0.2) is 8.78 Å². The summed E-state index contributed by atoms with van der Waals surface area (Å²) in [4.78, 5) is 11.1. The molecule has 5 nitrogen and oxygen atoms in total. The molecular weight excluding hydrogens is 392 g/mol. The van der Waals surface area contributed by atoms with Crippen molar-refractivity contribution in [2.24, 2.45) is 5.73 Å². The number of rotatable bonds is 6. The normalized spacial score (nSPS) is 11.0. The van der Waals surface area contributed by atoms with Gasteiger partial charge in [0.15, 0.2) is 11.6 Å². The monoisotopic (exact) mass is 409 g/mol. The predicted molar refractivity (Wildman–Crippen MR) is 107 cm³/mol. The van der Waals surface area contributed by atoms with Gasteiger partial charge in [0.2, 0.25) is 0 Å². The third kappa shape index (κ3) is 3.75. The van der Waals surface area contributed by atoms with Crippen LogP contribution in [0.2, 0.25) is 0 Å². The van der Waals surface area contributed by atoms with Gasteiger partial charge in [-0.05, 0) is 35.4 Å². The third-order valence-electron chi connectivity index (χ3n) is 4.70. The molecule has 3 N–H and O–H groups in total. The lowest BCUT2D eigenvalue weighted by atomic mass is 10.0. The van der Waals surface area contributed by atoms with Crippen LogP contribution in [-0.2, 0) is 17.8 Å². The fourth-order valence-electron chi connectivity index (χ4n) is 3.29. The van der Waals surface area contributed by atoms with Crippen LogP contribution in [0.1, 0.15) is 11.1 Å². The molecule has 0 aliphatic carbocycles. The zero-order valence-electron chi connectivity index (χ0n) is 15.7. The average Bonchev–Trinajstić information content (AvgIpc) is 3.22. The molecule has 0 saturated carbocycles. The Balaban J connectivity index is 1.86. The average molecular weight is 409 g/mol. The first-order chi connectivity index (χ1) is 14.5. The Bertz CT molecular complexity index is 1250. The summed E-state index contributed by atoms with van der Waals surface area (Å²) < 4.78 is 40.0. The highest BCUT2D eigenvalue weighted by molar-refractivity contribution is 5.94. The molecule has 0 aliphatic rings. The van der Waals surface area contributed by atoms with Gasteiger partial charge in [-0.15, -0.1) is 0 Å². The molecule has 0 amide bonds. The van der Waals surface area contributed by atoms with Crippen LogP contribution >= 0.6 is 0 Å². The Morgan fingerprint density at radius 1 is 1.07 bits per heavy atom. The minimum Gasteiger partial charge on any atom is -0.481 e. The Hall–Kier alpha value is -3.71. The summed E-state index contributed by atoms with van der Waals surface area (Å²) in [5.74, 6) is -2.67. The molecular formula is C23H17F2NO4. The van der Waals surface area contributed by atoms with E-state index in [0.29, 0.717) is 17.7 Å². The standard InChI is InChI=1S/C23H17F2NO4/c24-16-5-4-15(9-21(27)28)19(10-16)30-20-11-18(14-3-1-2-13(8-14)12-26)23-17(22(20)25)6-7-29-23/h1-8,10-11H,9,12,26H2,(H,27,28). The van der Waals surface area contributed by atoms with Gasteiger partial charge in [0.05, 0.1) is 18.1 Å². The zero-order valence-corrected chi connectivity index (χ0v) is 15.7. The molecule has 30 heavy (non-hydrogen) atoms. The van der Waals surface area contributed by atoms with Crippen molar-refractivity contribution in [2.75, 3.05) is 0 Å². The lowest BCUT2D eigenvalue weighted by Crippen LogP contribution is -2.03. The number of ether oxygens (including phenoxy) is 1. The van der Waals surface area contributed by atoms with Crippen molar-refractivity contribution in [3.8, 4) is 22.6 Å². The molecule has 1 heterocycles. The van der Waals surface area contributed by atoms with Crippen molar-refractivity contribution in [2.45, 2.75) is 13.0 Å². The molecule has 0 aliphatic heterocycles. The van der Waals surface area contributed by atoms with E-state index in [9.17, 15) is 9.18 Å². The van der Waals surface area contributed by atoms with Crippen LogP contribution in [-0.4, -0.2) is 11.1 Å². The van der Waals surface area contributed by atoms with Gasteiger partial charge in [-0.2, -0.15) is 0 Å². The van der Waals surface area contributed by atoms with Gasteiger partial charge in [0.25, 0.3) is 0 Å².